The molecule has 0 spiro atoms. The molecule has 14 N–H and O–H groups in total. The molecule has 0 aromatic carbocycles. The first-order valence-corrected chi connectivity index (χ1v) is 28.3. The Labute approximate surface area is 433 Å². The van der Waals surface area contributed by atoms with Crippen LogP contribution in [0.4, 0.5) is 11.9 Å². The molecule has 8 heterocycles. The summed E-state index contributed by atoms with van der Waals surface area (Å²) in [5.74, 6) is -2.47. The number of nitrogens with two attached hydrogens (primary N) is 2. The number of imidazole rings is 2. The molecule has 5 aromatic heterocycles. The molecule has 0 bridgehead atoms. The number of H-pyrrole nitrogens is 3. The number of carbonyl (C=O) groups excluding carboxylic acids is 1. The van der Waals surface area contributed by atoms with Gasteiger partial charge in [-0.05, 0) is 0 Å². The number of aryl methyl sites for hydroxylation is 1. The second kappa shape index (κ2) is 22.3. The van der Waals surface area contributed by atoms with E-state index in [1.54, 1.807) is 0 Å². The summed E-state index contributed by atoms with van der Waals surface area (Å²) in [5.41, 5.74) is 7.42. The molecule has 39 nitrogen and oxygen atoms in total. The first-order chi connectivity index (χ1) is 36.4. The van der Waals surface area contributed by atoms with Crippen LogP contribution in [0.25, 0.3) is 22.3 Å². The minimum absolute atomic E-state index is 0.0201. The number of aromatic nitrogens is 10. The van der Waals surface area contributed by atoms with E-state index in [0.29, 0.717) is 4.57 Å². The number of aromatic amines is 3. The van der Waals surface area contributed by atoms with E-state index in [4.69, 9.17) is 48.5 Å². The minimum atomic E-state index is -6.27. The number of phosphoric acid groups is 4. The number of methoxy groups -OCH3 is 1. The van der Waals surface area contributed by atoms with Gasteiger partial charge in [0.25, 0.3) is 22.6 Å². The number of hydrogen-bond acceptors (Lipinski definition) is 27. The highest BCUT2D eigenvalue weighted by atomic mass is 31.3. The molecule has 8 rings (SSSR count). The van der Waals surface area contributed by atoms with Gasteiger partial charge in [-0.1, -0.05) is 4.98 Å². The quantitative estimate of drug-likeness (QED) is 0.0242. The topological polar surface area (TPSA) is 548 Å². The third kappa shape index (κ3) is 12.5. The molecule has 0 radical (unpaired) electrons. The van der Waals surface area contributed by atoms with Crippen molar-refractivity contribution in [1.29, 1.82) is 0 Å². The highest BCUT2D eigenvalue weighted by Crippen LogP contribution is 2.68. The van der Waals surface area contributed by atoms with E-state index in [9.17, 15) is 77.1 Å². The zero-order valence-electron chi connectivity index (χ0n) is 40.5. The van der Waals surface area contributed by atoms with Crippen molar-refractivity contribution in [2.24, 2.45) is 13.0 Å². The lowest BCUT2D eigenvalue weighted by atomic mass is 9.94. The van der Waals surface area contributed by atoms with Crippen LogP contribution in [0.2, 0.25) is 0 Å². The Morgan fingerprint density at radius 3 is 2.01 bits per heavy atom. The fourth-order valence-corrected chi connectivity index (χ4v) is 13.1. The molecule has 430 valence electrons. The van der Waals surface area contributed by atoms with Gasteiger partial charge in [-0.3, -0.25) is 65.9 Å². The molecule has 3 saturated heterocycles. The number of nitrogens with zero attached hydrogens (tertiary/aromatic N) is 8. The summed E-state index contributed by atoms with van der Waals surface area (Å²) in [6.07, 6.45) is -16.1. The van der Waals surface area contributed by atoms with Crippen molar-refractivity contribution in [3.05, 3.63) is 66.5 Å². The summed E-state index contributed by atoms with van der Waals surface area (Å²) < 4.78 is 109. The van der Waals surface area contributed by atoms with E-state index in [2.05, 4.69) is 33.5 Å². The number of carbonyl (C=O) groups is 1. The third-order valence-corrected chi connectivity index (χ3v) is 17.4. The van der Waals surface area contributed by atoms with Crippen molar-refractivity contribution in [2.75, 3.05) is 52.5 Å². The summed E-state index contributed by atoms with van der Waals surface area (Å²) in [7, 11) is -18.5. The summed E-state index contributed by atoms with van der Waals surface area (Å²) in [6, 6.07) is 0.856. The van der Waals surface area contributed by atoms with Gasteiger partial charge >= 0.3 is 42.6 Å². The minimum Gasteiger partial charge on any atom is -0.387 e. The molecule has 43 heteroatoms. The van der Waals surface area contributed by atoms with Crippen molar-refractivity contribution in [2.45, 2.75) is 73.9 Å². The van der Waals surface area contributed by atoms with Crippen LogP contribution in [0, 0.1) is 5.92 Å². The zero-order valence-corrected chi connectivity index (χ0v) is 44.1. The van der Waals surface area contributed by atoms with Gasteiger partial charge in [-0.2, -0.15) is 13.6 Å². The average molecular weight is 1190 g/mol. The van der Waals surface area contributed by atoms with E-state index < -0.39 is 159 Å². The molecule has 78 heavy (non-hydrogen) atoms. The number of nitrogen functional groups attached to an aromatic ring is 2. The van der Waals surface area contributed by atoms with E-state index in [0.717, 1.165) is 35.2 Å². The van der Waals surface area contributed by atoms with E-state index >= 15 is 0 Å². The Hall–Kier alpha value is -5.31. The number of phosphoric ester groups is 3. The maximum Gasteiger partial charge on any atom is 0.490 e. The van der Waals surface area contributed by atoms with Crippen LogP contribution in [-0.4, -0.2) is 179 Å². The normalized spacial score (nSPS) is 29.6. The lowest BCUT2D eigenvalue weighted by Gasteiger charge is -2.26. The SMILES string of the molecule is CO[C@@H]1[C@H](OP(=O)(O)OC[C@H]2O[C@@H](n3cnc4c(=O)[nH]c(N)nc43)[C@H](O)[C@@H]2O)[C@@H](COP(=O)(O)OP(=O)(O)OP(=O)(O)OC[C@H]2O[C@@H]([n+]3cn(C)c4c(=O)[nH]c(N)nc43)[C@H](O)[C@@H]2CC(=O)N(C)C)O[C@H]1n1ccc(=O)[nH]c1=O. The standard InChI is InChI=1S/C35H49N13O26P4/c1-44(2)18(50)7-13-14(69-30(21(13)51)48-12-45(3)20-27(48)41-34(37)43-29(20)55)8-67-76(59,60)73-78(63,64)74-77(61,62)68-10-16-24(25(65-4)32(71-16)46-6-5-17(49)39-35(46)56)72-75(57,58)66-9-15-22(52)23(53)31(70-15)47-11-38-19-26(47)40-33(36)42-28(19)54/h5-6,11-16,21-25,30-32,51-53H,7-10H2,1-4H3,(H10-,36,37,39,40,41,42,43,49,54,55,56,57,58,59,60,61,62,63,64)/p+1/t13-,14-,15-,16-,21-,22-,23-,24-,25-,30-,31-,32-/m1/s1. The van der Waals surface area contributed by atoms with Crippen LogP contribution in [0.1, 0.15) is 25.1 Å². The zero-order chi connectivity index (χ0) is 57.1. The Bertz CT molecular complexity index is 3530. The Balaban J connectivity index is 0.938. The highest BCUT2D eigenvalue weighted by molar-refractivity contribution is 7.66. The number of nitrogens with one attached hydrogen (secondary N) is 3. The van der Waals surface area contributed by atoms with Crippen molar-refractivity contribution in [3.8, 4) is 0 Å². The van der Waals surface area contributed by atoms with Crippen LogP contribution in [0.5, 0.6) is 0 Å². The van der Waals surface area contributed by atoms with Crippen LogP contribution < -0.4 is 38.4 Å². The predicted octanol–water partition coefficient (Wildman–Crippen LogP) is -4.85. The van der Waals surface area contributed by atoms with E-state index in [-0.39, 0.29) is 34.2 Å². The predicted molar refractivity (Wildman–Crippen MR) is 251 cm³/mol. The summed E-state index contributed by atoms with van der Waals surface area (Å²) in [4.78, 5) is 125. The maximum absolute atomic E-state index is 13.6. The number of hydrogen-bond donors (Lipinski definition) is 12. The number of aliphatic hydroxyl groups is 3. The first-order valence-electron chi connectivity index (χ1n) is 22.3. The lowest BCUT2D eigenvalue weighted by molar-refractivity contribution is -0.745. The number of rotatable bonds is 21. The fourth-order valence-electron chi connectivity index (χ4n) is 8.58. The molecule has 4 unspecified atom stereocenters. The van der Waals surface area contributed by atoms with Gasteiger partial charge in [0, 0.05) is 45.8 Å². The second-order valence-electron chi connectivity index (χ2n) is 17.6. The van der Waals surface area contributed by atoms with E-state index in [1.807, 2.05) is 4.98 Å². The van der Waals surface area contributed by atoms with Gasteiger partial charge in [0.05, 0.1) is 39.3 Å². The van der Waals surface area contributed by atoms with Crippen molar-refractivity contribution < 1.29 is 108 Å². The van der Waals surface area contributed by atoms with Crippen LogP contribution in [-0.2, 0) is 75.8 Å². The van der Waals surface area contributed by atoms with Gasteiger partial charge in [0.2, 0.25) is 23.6 Å². The fraction of sp³-hybridized carbons (Fsp3) is 0.571. The van der Waals surface area contributed by atoms with Crippen molar-refractivity contribution >= 4 is 71.4 Å². The summed E-state index contributed by atoms with van der Waals surface area (Å²) in [5, 5.41) is 33.1. The monoisotopic (exact) mass is 1190 g/mol. The molecular formula is C35H50N13O26P4+. The van der Waals surface area contributed by atoms with Gasteiger partial charge in [0.15, 0.2) is 29.9 Å². The molecule has 1 amide bonds. The second-order valence-corrected chi connectivity index (χ2v) is 23.6. The summed E-state index contributed by atoms with van der Waals surface area (Å²) in [6.45, 7) is -3.48. The van der Waals surface area contributed by atoms with Crippen molar-refractivity contribution in [1.82, 2.24) is 48.5 Å². The Morgan fingerprint density at radius 2 is 1.37 bits per heavy atom. The van der Waals surface area contributed by atoms with Gasteiger partial charge < -0.3 is 70.2 Å². The Kier molecular flexibility index (Phi) is 16.8. The molecular weight excluding hydrogens is 1140 g/mol. The van der Waals surface area contributed by atoms with Gasteiger partial charge in [0.1, 0.15) is 42.7 Å². The lowest BCUT2D eigenvalue weighted by Crippen LogP contribution is -2.45. The number of fused-ring (bicyclic) bond motifs is 2. The molecule has 0 aliphatic carbocycles. The average Bonchev–Trinajstić information content (AvgIpc) is 4.13. The van der Waals surface area contributed by atoms with Crippen molar-refractivity contribution in [3.63, 3.8) is 0 Å². The highest BCUT2D eigenvalue weighted by Gasteiger charge is 2.54. The smallest absolute Gasteiger partial charge is 0.387 e. The molecule has 16 atom stereocenters. The first kappa shape index (κ1) is 58.8. The van der Waals surface area contributed by atoms with Gasteiger partial charge in [-0.15, -0.1) is 0 Å². The molecule has 3 fully saturated rings. The van der Waals surface area contributed by atoms with E-state index in [1.165, 1.54) is 36.6 Å². The Morgan fingerprint density at radius 1 is 0.769 bits per heavy atom. The maximum atomic E-state index is 13.6. The summed E-state index contributed by atoms with van der Waals surface area (Å²) >= 11 is 0. The van der Waals surface area contributed by atoms with Gasteiger partial charge in [-0.25, -0.2) is 32.6 Å². The third-order valence-electron chi connectivity index (χ3n) is 12.1. The van der Waals surface area contributed by atoms with Crippen LogP contribution in [0.15, 0.2) is 44.1 Å². The largest absolute Gasteiger partial charge is 0.490 e. The van der Waals surface area contributed by atoms with Crippen LogP contribution >= 0.6 is 31.3 Å². The molecule has 3 aliphatic heterocycles. The molecule has 0 saturated carbocycles. The molecule has 5 aromatic rings. The number of aliphatic hydroxyl groups excluding tert-OH is 3. The molecule has 3 aliphatic rings. The number of ether oxygens (including phenoxy) is 4. The van der Waals surface area contributed by atoms with Crippen LogP contribution in [0.3, 0.4) is 0 Å². The number of amides is 1. The number of anilines is 2.